The Morgan fingerprint density at radius 2 is 1.38 bits per heavy atom. The average Bonchev–Trinajstić information content (AvgIpc) is 2.18. The minimum Gasteiger partial charge on any atom is -0.414 e. The van der Waals surface area contributed by atoms with Crippen LogP contribution >= 0.6 is 22.6 Å². The second-order valence-electron chi connectivity index (χ2n) is 5.98. The normalized spacial score (nSPS) is 30.0. The monoisotopic (exact) mass is 354 g/mol. The molecule has 96 valence electrons. The molecule has 0 aromatic rings. The van der Waals surface area contributed by atoms with Crippen molar-refractivity contribution in [2.45, 2.75) is 81.0 Å². The van der Waals surface area contributed by atoms with Crippen LogP contribution in [0.1, 0.15) is 51.4 Å². The van der Waals surface area contributed by atoms with Crippen molar-refractivity contribution in [3.63, 3.8) is 0 Å². The molecule has 0 aliphatic heterocycles. The predicted molar refractivity (Wildman–Crippen MR) is 83.0 cm³/mol. The third-order valence-corrected chi connectivity index (χ3v) is 5.56. The highest BCUT2D eigenvalue weighted by Gasteiger charge is 2.26. The molecular weight excluding hydrogens is 327 g/mol. The molecule has 2 atom stereocenters. The van der Waals surface area contributed by atoms with Gasteiger partial charge in [-0.2, -0.15) is 0 Å². The molecule has 0 heterocycles. The lowest BCUT2D eigenvalue weighted by molar-refractivity contribution is 0.174. The highest BCUT2D eigenvalue weighted by Crippen LogP contribution is 2.26. The molecule has 1 fully saturated rings. The summed E-state index contributed by atoms with van der Waals surface area (Å²) >= 11 is 2.63. The summed E-state index contributed by atoms with van der Waals surface area (Å²) in [5.74, 6) is 0. The van der Waals surface area contributed by atoms with E-state index in [0.29, 0.717) is 6.10 Å². The van der Waals surface area contributed by atoms with E-state index < -0.39 is 8.32 Å². The van der Waals surface area contributed by atoms with Gasteiger partial charge in [-0.15, -0.1) is 0 Å². The van der Waals surface area contributed by atoms with Crippen LogP contribution in [0, 0.1) is 0 Å². The standard InChI is InChI=1S/C13H27IOSi/c1-16(2,3)15-13-11-9-7-5-4-6-8-10-12(13)14/h12-13H,4-11H2,1-3H3. The molecule has 0 N–H and O–H groups in total. The van der Waals surface area contributed by atoms with Gasteiger partial charge in [-0.3, -0.25) is 0 Å². The lowest BCUT2D eigenvalue weighted by Crippen LogP contribution is -2.36. The molecule has 3 heteroatoms. The van der Waals surface area contributed by atoms with Crippen LogP contribution < -0.4 is 0 Å². The highest BCUT2D eigenvalue weighted by molar-refractivity contribution is 14.1. The lowest BCUT2D eigenvalue weighted by atomic mass is 9.99. The Morgan fingerprint density at radius 1 is 0.875 bits per heavy atom. The molecular formula is C13H27IOSi. The molecule has 1 aliphatic rings. The molecule has 0 aromatic heterocycles. The molecule has 1 nitrogen and oxygen atoms in total. The summed E-state index contributed by atoms with van der Waals surface area (Å²) in [7, 11) is -1.36. The Bertz CT molecular complexity index is 191. The first-order valence-electron chi connectivity index (χ1n) is 6.81. The molecule has 16 heavy (non-hydrogen) atoms. The molecule has 0 saturated heterocycles. The van der Waals surface area contributed by atoms with E-state index in [1.54, 1.807) is 0 Å². The second-order valence-corrected chi connectivity index (χ2v) is 12.0. The minimum absolute atomic E-state index is 0.533. The van der Waals surface area contributed by atoms with Crippen molar-refractivity contribution >= 4 is 30.9 Å². The molecule has 0 aromatic carbocycles. The maximum Gasteiger partial charge on any atom is 0.184 e. The minimum atomic E-state index is -1.36. The van der Waals surface area contributed by atoms with E-state index in [-0.39, 0.29) is 0 Å². The van der Waals surface area contributed by atoms with Crippen molar-refractivity contribution in [1.29, 1.82) is 0 Å². The van der Waals surface area contributed by atoms with Gasteiger partial charge in [0.05, 0.1) is 6.10 Å². The Kier molecular flexibility index (Phi) is 6.89. The van der Waals surface area contributed by atoms with Gasteiger partial charge in [0, 0.05) is 3.92 Å². The summed E-state index contributed by atoms with van der Waals surface area (Å²) in [4.78, 5) is 0. The maximum atomic E-state index is 6.35. The number of hydrogen-bond acceptors (Lipinski definition) is 1. The maximum absolute atomic E-state index is 6.35. The molecule has 0 spiro atoms. The van der Waals surface area contributed by atoms with Crippen LogP contribution in [-0.2, 0) is 4.43 Å². The molecule has 0 amide bonds. The molecule has 0 radical (unpaired) electrons. The molecule has 1 saturated carbocycles. The Labute approximate surface area is 116 Å². The Hall–Kier alpha value is 0.907. The van der Waals surface area contributed by atoms with Crippen LogP contribution in [0.3, 0.4) is 0 Å². The summed E-state index contributed by atoms with van der Waals surface area (Å²) in [6.07, 6.45) is 11.7. The average molecular weight is 354 g/mol. The van der Waals surface area contributed by atoms with E-state index in [9.17, 15) is 0 Å². The smallest absolute Gasteiger partial charge is 0.184 e. The fraction of sp³-hybridized carbons (Fsp3) is 1.00. The Balaban J connectivity index is 2.47. The third kappa shape index (κ3) is 6.60. The van der Waals surface area contributed by atoms with Gasteiger partial charge in [0.25, 0.3) is 0 Å². The second kappa shape index (κ2) is 7.37. The first-order valence-corrected chi connectivity index (χ1v) is 11.5. The van der Waals surface area contributed by atoms with Crippen LogP contribution in [-0.4, -0.2) is 18.3 Å². The molecule has 0 bridgehead atoms. The molecule has 2 unspecified atom stereocenters. The van der Waals surface area contributed by atoms with E-state index in [0.717, 1.165) is 3.92 Å². The summed E-state index contributed by atoms with van der Waals surface area (Å²) in [5, 5.41) is 0. The van der Waals surface area contributed by atoms with E-state index in [4.69, 9.17) is 4.43 Å². The number of halogens is 1. The zero-order valence-electron chi connectivity index (χ0n) is 11.1. The van der Waals surface area contributed by atoms with Gasteiger partial charge >= 0.3 is 0 Å². The summed E-state index contributed by atoms with van der Waals surface area (Å²) in [6, 6.07) is 0. The zero-order valence-corrected chi connectivity index (χ0v) is 14.3. The van der Waals surface area contributed by atoms with Crippen LogP contribution in [0.4, 0.5) is 0 Å². The number of hydrogen-bond donors (Lipinski definition) is 0. The van der Waals surface area contributed by atoms with Gasteiger partial charge < -0.3 is 4.43 Å². The molecule has 1 rings (SSSR count). The number of alkyl halides is 1. The van der Waals surface area contributed by atoms with Crippen molar-refractivity contribution in [2.24, 2.45) is 0 Å². The van der Waals surface area contributed by atoms with Crippen molar-refractivity contribution in [3.05, 3.63) is 0 Å². The Morgan fingerprint density at radius 3 is 1.94 bits per heavy atom. The summed E-state index contributed by atoms with van der Waals surface area (Å²) in [6.45, 7) is 6.94. The van der Waals surface area contributed by atoms with Crippen LogP contribution in [0.25, 0.3) is 0 Å². The van der Waals surface area contributed by atoms with Crippen LogP contribution in [0.5, 0.6) is 0 Å². The van der Waals surface area contributed by atoms with E-state index in [1.165, 1.54) is 51.4 Å². The number of rotatable bonds is 2. The van der Waals surface area contributed by atoms with Gasteiger partial charge in [-0.1, -0.05) is 61.1 Å². The molecule has 1 aliphatic carbocycles. The van der Waals surface area contributed by atoms with E-state index in [2.05, 4.69) is 42.2 Å². The highest BCUT2D eigenvalue weighted by atomic mass is 127. The van der Waals surface area contributed by atoms with Gasteiger partial charge in [-0.25, -0.2) is 0 Å². The fourth-order valence-corrected chi connectivity index (χ4v) is 4.76. The lowest BCUT2D eigenvalue weighted by Gasteiger charge is -2.30. The van der Waals surface area contributed by atoms with E-state index >= 15 is 0 Å². The topological polar surface area (TPSA) is 9.23 Å². The van der Waals surface area contributed by atoms with Gasteiger partial charge in [0.2, 0.25) is 0 Å². The fourth-order valence-electron chi connectivity index (χ4n) is 2.35. The van der Waals surface area contributed by atoms with Crippen LogP contribution in [0.15, 0.2) is 0 Å². The van der Waals surface area contributed by atoms with Crippen molar-refractivity contribution in [2.75, 3.05) is 0 Å². The van der Waals surface area contributed by atoms with Crippen molar-refractivity contribution in [3.8, 4) is 0 Å². The first kappa shape index (κ1) is 15.0. The van der Waals surface area contributed by atoms with Gasteiger partial charge in [-0.05, 0) is 32.5 Å². The predicted octanol–water partition coefficient (Wildman–Crippen LogP) is 5.14. The first-order chi connectivity index (χ1) is 7.49. The van der Waals surface area contributed by atoms with Crippen LogP contribution in [0.2, 0.25) is 19.6 Å². The third-order valence-electron chi connectivity index (χ3n) is 3.13. The largest absolute Gasteiger partial charge is 0.414 e. The quantitative estimate of drug-likeness (QED) is 0.379. The zero-order chi connectivity index (χ0) is 12.0. The van der Waals surface area contributed by atoms with E-state index in [1.807, 2.05) is 0 Å². The van der Waals surface area contributed by atoms with Gasteiger partial charge in [0.1, 0.15) is 0 Å². The SMILES string of the molecule is C[Si](C)(C)OC1CCCCCCCCC1I. The summed E-state index contributed by atoms with van der Waals surface area (Å²) in [5.41, 5.74) is 0. The summed E-state index contributed by atoms with van der Waals surface area (Å²) < 4.78 is 7.09. The van der Waals surface area contributed by atoms with Crippen molar-refractivity contribution < 1.29 is 4.43 Å². The van der Waals surface area contributed by atoms with Crippen molar-refractivity contribution in [1.82, 2.24) is 0 Å². The van der Waals surface area contributed by atoms with Gasteiger partial charge in [0.15, 0.2) is 8.32 Å².